The number of benzene rings is 3. The van der Waals surface area contributed by atoms with E-state index in [-0.39, 0.29) is 5.82 Å². The molecule has 138 valence electrons. The quantitative estimate of drug-likeness (QED) is 0.424. The molecule has 0 aliphatic carbocycles. The molecule has 2 heteroatoms. The summed E-state index contributed by atoms with van der Waals surface area (Å²) in [7, 11) is 0. The standard InChI is InChI=1S/C25H25FO/c1-3-27-25-16-15-22(18-24(25)26)14-11-20-9-12-21(13-10-20)17-19(2)23-7-5-4-6-8-23/h4-16,18-19H,3,17H2,1-2H3/t19-/m0/s1. The van der Waals surface area contributed by atoms with Crippen molar-refractivity contribution in [1.29, 1.82) is 0 Å². The fourth-order valence-electron chi connectivity index (χ4n) is 3.10. The van der Waals surface area contributed by atoms with Gasteiger partial charge in [0, 0.05) is 0 Å². The number of hydrogen-bond acceptors (Lipinski definition) is 1. The van der Waals surface area contributed by atoms with Crippen LogP contribution in [0.1, 0.15) is 42.0 Å². The van der Waals surface area contributed by atoms with Crippen molar-refractivity contribution < 1.29 is 9.13 Å². The molecule has 0 spiro atoms. The number of ether oxygens (including phenoxy) is 1. The average molecular weight is 360 g/mol. The maximum absolute atomic E-state index is 13.9. The Hall–Kier alpha value is -2.87. The highest BCUT2D eigenvalue weighted by Crippen LogP contribution is 2.22. The highest BCUT2D eigenvalue weighted by molar-refractivity contribution is 5.70. The van der Waals surface area contributed by atoms with Gasteiger partial charge in [-0.1, -0.05) is 79.7 Å². The first-order valence-corrected chi connectivity index (χ1v) is 9.40. The summed E-state index contributed by atoms with van der Waals surface area (Å²) in [5.41, 5.74) is 4.59. The van der Waals surface area contributed by atoms with E-state index in [0.29, 0.717) is 18.3 Å². The molecular formula is C25H25FO. The molecule has 0 aliphatic heterocycles. The Balaban J connectivity index is 1.63. The van der Waals surface area contributed by atoms with Gasteiger partial charge in [0.15, 0.2) is 11.6 Å². The van der Waals surface area contributed by atoms with Crippen LogP contribution in [-0.2, 0) is 6.42 Å². The van der Waals surface area contributed by atoms with Gasteiger partial charge in [-0.15, -0.1) is 0 Å². The Morgan fingerprint density at radius 2 is 1.56 bits per heavy atom. The summed E-state index contributed by atoms with van der Waals surface area (Å²) in [5.74, 6) is 0.454. The minimum absolute atomic E-state index is 0.298. The molecule has 0 aromatic heterocycles. The van der Waals surface area contributed by atoms with E-state index in [1.54, 1.807) is 6.07 Å². The van der Waals surface area contributed by atoms with Gasteiger partial charge < -0.3 is 4.74 Å². The predicted octanol–water partition coefficient (Wildman–Crippen LogP) is 6.74. The van der Waals surface area contributed by atoms with Crippen LogP contribution in [0.25, 0.3) is 12.2 Å². The van der Waals surface area contributed by atoms with Crippen LogP contribution < -0.4 is 4.74 Å². The van der Waals surface area contributed by atoms with Crippen molar-refractivity contribution in [2.24, 2.45) is 0 Å². The number of halogens is 1. The van der Waals surface area contributed by atoms with Gasteiger partial charge in [0.05, 0.1) is 6.61 Å². The molecule has 0 amide bonds. The zero-order valence-electron chi connectivity index (χ0n) is 15.9. The molecule has 0 radical (unpaired) electrons. The molecule has 1 atom stereocenters. The van der Waals surface area contributed by atoms with Crippen molar-refractivity contribution in [3.05, 3.63) is 101 Å². The molecule has 0 unspecified atom stereocenters. The Kier molecular flexibility index (Phi) is 6.43. The fraction of sp³-hybridized carbons (Fsp3) is 0.200. The molecule has 1 nitrogen and oxygen atoms in total. The van der Waals surface area contributed by atoms with Crippen LogP contribution in [0.4, 0.5) is 4.39 Å². The topological polar surface area (TPSA) is 9.23 Å². The summed E-state index contributed by atoms with van der Waals surface area (Å²) >= 11 is 0. The van der Waals surface area contributed by atoms with E-state index in [1.165, 1.54) is 17.2 Å². The maximum atomic E-state index is 13.9. The van der Waals surface area contributed by atoms with E-state index in [9.17, 15) is 4.39 Å². The van der Waals surface area contributed by atoms with Gasteiger partial charge in [0.25, 0.3) is 0 Å². The van der Waals surface area contributed by atoms with Gasteiger partial charge in [0.2, 0.25) is 0 Å². The molecule has 0 fully saturated rings. The van der Waals surface area contributed by atoms with Crippen LogP contribution in [0.15, 0.2) is 72.8 Å². The molecule has 0 saturated carbocycles. The van der Waals surface area contributed by atoms with Gasteiger partial charge in [-0.2, -0.15) is 0 Å². The van der Waals surface area contributed by atoms with E-state index in [4.69, 9.17) is 4.74 Å². The van der Waals surface area contributed by atoms with Gasteiger partial charge in [-0.05, 0) is 53.6 Å². The van der Waals surface area contributed by atoms with E-state index < -0.39 is 0 Å². The predicted molar refractivity (Wildman–Crippen MR) is 112 cm³/mol. The normalized spacial score (nSPS) is 12.3. The van der Waals surface area contributed by atoms with Crippen molar-refractivity contribution in [2.45, 2.75) is 26.2 Å². The summed E-state index contributed by atoms with van der Waals surface area (Å²) in [4.78, 5) is 0. The van der Waals surface area contributed by atoms with E-state index in [1.807, 2.05) is 31.2 Å². The van der Waals surface area contributed by atoms with Gasteiger partial charge >= 0.3 is 0 Å². The van der Waals surface area contributed by atoms with Crippen molar-refractivity contribution in [1.82, 2.24) is 0 Å². The second kappa shape index (κ2) is 9.18. The largest absolute Gasteiger partial charge is 0.491 e. The van der Waals surface area contributed by atoms with Crippen LogP contribution in [0.3, 0.4) is 0 Å². The minimum atomic E-state index is -0.329. The van der Waals surface area contributed by atoms with E-state index >= 15 is 0 Å². The molecule has 0 N–H and O–H groups in total. The summed E-state index contributed by atoms with van der Waals surface area (Å²) in [6.07, 6.45) is 4.93. The molecule has 0 bridgehead atoms. The van der Waals surface area contributed by atoms with Crippen LogP contribution in [0, 0.1) is 5.82 Å². The van der Waals surface area contributed by atoms with Crippen LogP contribution in [0.2, 0.25) is 0 Å². The van der Waals surface area contributed by atoms with Crippen molar-refractivity contribution in [3.8, 4) is 5.75 Å². The molecule has 3 aromatic rings. The highest BCUT2D eigenvalue weighted by atomic mass is 19.1. The lowest BCUT2D eigenvalue weighted by atomic mass is 9.93. The first-order chi connectivity index (χ1) is 13.2. The zero-order valence-corrected chi connectivity index (χ0v) is 15.9. The summed E-state index contributed by atoms with van der Waals surface area (Å²) in [6, 6.07) is 24.2. The third-order valence-corrected chi connectivity index (χ3v) is 4.61. The first kappa shape index (κ1) is 18.9. The van der Waals surface area contributed by atoms with Crippen molar-refractivity contribution >= 4 is 12.2 Å². The van der Waals surface area contributed by atoms with Crippen LogP contribution >= 0.6 is 0 Å². The summed E-state index contributed by atoms with van der Waals surface area (Å²) in [5, 5.41) is 0. The van der Waals surface area contributed by atoms with Gasteiger partial charge in [-0.25, -0.2) is 4.39 Å². The smallest absolute Gasteiger partial charge is 0.165 e. The lowest BCUT2D eigenvalue weighted by molar-refractivity contribution is 0.321. The van der Waals surface area contributed by atoms with E-state index in [0.717, 1.165) is 17.5 Å². The third-order valence-electron chi connectivity index (χ3n) is 4.61. The molecule has 0 heterocycles. The fourth-order valence-corrected chi connectivity index (χ4v) is 3.10. The lowest BCUT2D eigenvalue weighted by Gasteiger charge is -2.12. The summed E-state index contributed by atoms with van der Waals surface area (Å²) in [6.45, 7) is 4.56. The Bertz CT molecular complexity index is 882. The Labute approximate surface area is 161 Å². The van der Waals surface area contributed by atoms with Gasteiger partial charge in [0.1, 0.15) is 0 Å². The molecule has 3 aromatic carbocycles. The monoisotopic (exact) mass is 360 g/mol. The molecule has 3 rings (SSSR count). The number of hydrogen-bond donors (Lipinski definition) is 0. The minimum Gasteiger partial charge on any atom is -0.491 e. The second-order valence-corrected chi connectivity index (χ2v) is 6.71. The third kappa shape index (κ3) is 5.30. The van der Waals surface area contributed by atoms with Gasteiger partial charge in [-0.3, -0.25) is 0 Å². The molecule has 0 saturated heterocycles. The SMILES string of the molecule is CCOc1ccc(C=Cc2ccc(C[C@H](C)c3ccccc3)cc2)cc1F. The Morgan fingerprint density at radius 1 is 0.889 bits per heavy atom. The van der Waals surface area contributed by atoms with Crippen molar-refractivity contribution in [3.63, 3.8) is 0 Å². The Morgan fingerprint density at radius 3 is 2.22 bits per heavy atom. The molecule has 0 aliphatic rings. The molecular weight excluding hydrogens is 335 g/mol. The average Bonchev–Trinajstić information content (AvgIpc) is 2.70. The number of rotatable bonds is 7. The lowest BCUT2D eigenvalue weighted by Crippen LogP contribution is -1.98. The zero-order chi connectivity index (χ0) is 19.1. The van der Waals surface area contributed by atoms with Crippen LogP contribution in [-0.4, -0.2) is 6.61 Å². The maximum Gasteiger partial charge on any atom is 0.165 e. The summed E-state index contributed by atoms with van der Waals surface area (Å²) < 4.78 is 19.2. The second-order valence-electron chi connectivity index (χ2n) is 6.71. The van der Waals surface area contributed by atoms with E-state index in [2.05, 4.69) is 55.5 Å². The van der Waals surface area contributed by atoms with Crippen molar-refractivity contribution in [2.75, 3.05) is 6.61 Å². The first-order valence-electron chi connectivity index (χ1n) is 9.40. The van der Waals surface area contributed by atoms with Crippen LogP contribution in [0.5, 0.6) is 5.75 Å². The molecule has 27 heavy (non-hydrogen) atoms. The highest BCUT2D eigenvalue weighted by Gasteiger charge is 2.06.